The van der Waals surface area contributed by atoms with Crippen molar-refractivity contribution in [3.05, 3.63) is 52.1 Å². The van der Waals surface area contributed by atoms with Gasteiger partial charge in [0.25, 0.3) is 0 Å². The van der Waals surface area contributed by atoms with Crippen LogP contribution in [0.2, 0.25) is 10.0 Å². The first-order valence-corrected chi connectivity index (χ1v) is 6.24. The molecule has 0 bridgehead atoms. The summed E-state index contributed by atoms with van der Waals surface area (Å²) in [5.41, 5.74) is 0.685. The van der Waals surface area contributed by atoms with Gasteiger partial charge in [0.2, 0.25) is 5.91 Å². The van der Waals surface area contributed by atoms with E-state index in [0.717, 1.165) is 0 Å². The summed E-state index contributed by atoms with van der Waals surface area (Å²) in [7, 11) is 1.78. The zero-order valence-electron chi connectivity index (χ0n) is 10.1. The van der Waals surface area contributed by atoms with Crippen molar-refractivity contribution in [2.75, 3.05) is 5.32 Å². The number of carbonyl (C=O) groups excluding carboxylic acids is 1. The van der Waals surface area contributed by atoms with E-state index in [0.29, 0.717) is 21.4 Å². The molecule has 1 aromatic carbocycles. The highest BCUT2D eigenvalue weighted by Crippen LogP contribution is 2.21. The highest BCUT2D eigenvalue weighted by atomic mass is 35.5. The van der Waals surface area contributed by atoms with E-state index in [4.69, 9.17) is 23.2 Å². The average Bonchev–Trinajstić information content (AvgIpc) is 2.76. The number of hydrogen-bond acceptors (Lipinski definition) is 2. The van der Waals surface area contributed by atoms with E-state index in [9.17, 15) is 4.79 Å². The second-order valence-electron chi connectivity index (χ2n) is 3.86. The van der Waals surface area contributed by atoms with Gasteiger partial charge in [-0.1, -0.05) is 23.2 Å². The average molecular weight is 296 g/mol. The standard InChI is InChI=1S/C13H11Cl2N3O/c1-18-7-6-12(17-18)16-13(19)5-2-9-8-10(14)3-4-11(9)15/h2-8H,1H3,(H,16,17,19)/b5-2+. The molecule has 1 N–H and O–H groups in total. The van der Waals surface area contributed by atoms with Crippen LogP contribution in [0.4, 0.5) is 5.82 Å². The Labute approximate surface area is 120 Å². The SMILES string of the molecule is Cn1ccc(NC(=O)/C=C/c2cc(Cl)ccc2Cl)n1. The molecule has 1 amide bonds. The number of benzene rings is 1. The normalized spacial score (nSPS) is 10.9. The van der Waals surface area contributed by atoms with Crippen LogP contribution in [0, 0.1) is 0 Å². The van der Waals surface area contributed by atoms with Gasteiger partial charge in [0.1, 0.15) is 0 Å². The number of aryl methyl sites for hydroxylation is 1. The fraction of sp³-hybridized carbons (Fsp3) is 0.0769. The van der Waals surface area contributed by atoms with Crippen LogP contribution in [0.1, 0.15) is 5.56 Å². The second kappa shape index (κ2) is 5.91. The summed E-state index contributed by atoms with van der Waals surface area (Å²) in [4.78, 5) is 11.7. The molecule has 0 atom stereocenters. The molecule has 0 aliphatic carbocycles. The second-order valence-corrected chi connectivity index (χ2v) is 4.71. The lowest BCUT2D eigenvalue weighted by Gasteiger charge is -1.99. The predicted molar refractivity (Wildman–Crippen MR) is 77.3 cm³/mol. The zero-order chi connectivity index (χ0) is 13.8. The Kier molecular flexibility index (Phi) is 4.24. The molecule has 2 aromatic rings. The molecule has 1 heterocycles. The first-order valence-electron chi connectivity index (χ1n) is 5.48. The fourth-order valence-corrected chi connectivity index (χ4v) is 1.82. The van der Waals surface area contributed by atoms with E-state index in [-0.39, 0.29) is 5.91 Å². The third-order valence-electron chi connectivity index (χ3n) is 2.34. The molecule has 6 heteroatoms. The number of aromatic nitrogens is 2. The highest BCUT2D eigenvalue weighted by molar-refractivity contribution is 6.34. The quantitative estimate of drug-likeness (QED) is 0.883. The largest absolute Gasteiger partial charge is 0.306 e. The van der Waals surface area contributed by atoms with E-state index in [1.165, 1.54) is 6.08 Å². The minimum Gasteiger partial charge on any atom is -0.306 e. The Hall–Kier alpha value is -1.78. The van der Waals surface area contributed by atoms with Crippen LogP contribution in [0.5, 0.6) is 0 Å². The Morgan fingerprint density at radius 2 is 2.16 bits per heavy atom. The van der Waals surface area contributed by atoms with Crippen molar-refractivity contribution in [2.45, 2.75) is 0 Å². The summed E-state index contributed by atoms with van der Waals surface area (Å²) in [6.07, 6.45) is 4.73. The van der Waals surface area contributed by atoms with E-state index < -0.39 is 0 Å². The van der Waals surface area contributed by atoms with E-state index in [2.05, 4.69) is 10.4 Å². The van der Waals surface area contributed by atoms with Crippen molar-refractivity contribution < 1.29 is 4.79 Å². The van der Waals surface area contributed by atoms with E-state index in [1.54, 1.807) is 48.3 Å². The Bertz CT molecular complexity index is 635. The van der Waals surface area contributed by atoms with Gasteiger partial charge in [-0.15, -0.1) is 0 Å². The highest BCUT2D eigenvalue weighted by Gasteiger charge is 2.02. The maximum Gasteiger partial charge on any atom is 0.249 e. The minimum atomic E-state index is -0.283. The predicted octanol–water partition coefficient (Wildman–Crippen LogP) is 3.38. The number of nitrogens with zero attached hydrogens (tertiary/aromatic N) is 2. The maximum absolute atomic E-state index is 11.7. The van der Waals surface area contributed by atoms with Gasteiger partial charge >= 0.3 is 0 Å². The molecule has 98 valence electrons. The van der Waals surface area contributed by atoms with Gasteiger partial charge < -0.3 is 5.32 Å². The number of anilines is 1. The smallest absolute Gasteiger partial charge is 0.249 e. The molecule has 4 nitrogen and oxygen atoms in total. The lowest BCUT2D eigenvalue weighted by Crippen LogP contribution is -2.08. The van der Waals surface area contributed by atoms with Crippen molar-refractivity contribution in [3.63, 3.8) is 0 Å². The van der Waals surface area contributed by atoms with Crippen LogP contribution in [0.15, 0.2) is 36.5 Å². The summed E-state index contributed by atoms with van der Waals surface area (Å²) < 4.78 is 1.60. The maximum atomic E-state index is 11.7. The number of carbonyl (C=O) groups is 1. The summed E-state index contributed by atoms with van der Waals surface area (Å²) >= 11 is 11.8. The molecule has 2 rings (SSSR count). The molecule has 0 radical (unpaired) electrons. The third-order valence-corrected chi connectivity index (χ3v) is 2.92. The number of hydrogen-bond donors (Lipinski definition) is 1. The van der Waals surface area contributed by atoms with Gasteiger partial charge in [0.05, 0.1) is 0 Å². The van der Waals surface area contributed by atoms with E-state index in [1.807, 2.05) is 0 Å². The molecule has 19 heavy (non-hydrogen) atoms. The number of rotatable bonds is 3. The first kappa shape index (κ1) is 13.6. The zero-order valence-corrected chi connectivity index (χ0v) is 11.6. The van der Waals surface area contributed by atoms with E-state index >= 15 is 0 Å². The molecular weight excluding hydrogens is 285 g/mol. The fourth-order valence-electron chi connectivity index (χ4n) is 1.46. The van der Waals surface area contributed by atoms with Gasteiger partial charge in [-0.3, -0.25) is 9.48 Å². The van der Waals surface area contributed by atoms with Crippen molar-refractivity contribution >= 4 is 41.0 Å². The van der Waals surface area contributed by atoms with Crippen LogP contribution >= 0.6 is 23.2 Å². The van der Waals surface area contributed by atoms with Crippen LogP contribution in [0.3, 0.4) is 0 Å². The van der Waals surface area contributed by atoms with Gasteiger partial charge in [-0.25, -0.2) is 0 Å². The van der Waals surface area contributed by atoms with Crippen molar-refractivity contribution in [2.24, 2.45) is 7.05 Å². The monoisotopic (exact) mass is 295 g/mol. The Morgan fingerprint density at radius 3 is 2.84 bits per heavy atom. The summed E-state index contributed by atoms with van der Waals surface area (Å²) in [6.45, 7) is 0. The van der Waals surface area contributed by atoms with Crippen LogP contribution in [-0.2, 0) is 11.8 Å². The summed E-state index contributed by atoms with van der Waals surface area (Å²) in [6, 6.07) is 6.77. The number of amides is 1. The Morgan fingerprint density at radius 1 is 1.37 bits per heavy atom. The van der Waals surface area contributed by atoms with Gasteiger partial charge in [0, 0.05) is 35.4 Å². The minimum absolute atomic E-state index is 0.283. The molecular formula is C13H11Cl2N3O. The number of nitrogens with one attached hydrogen (secondary N) is 1. The molecule has 0 fully saturated rings. The molecule has 0 unspecified atom stereocenters. The van der Waals surface area contributed by atoms with Gasteiger partial charge in [-0.05, 0) is 29.8 Å². The lowest BCUT2D eigenvalue weighted by molar-refractivity contribution is -0.111. The molecule has 0 saturated heterocycles. The molecule has 0 saturated carbocycles. The van der Waals surface area contributed by atoms with Gasteiger partial charge in [-0.2, -0.15) is 5.10 Å². The lowest BCUT2D eigenvalue weighted by atomic mass is 10.2. The van der Waals surface area contributed by atoms with Gasteiger partial charge in [0.15, 0.2) is 5.82 Å². The number of halogens is 2. The van der Waals surface area contributed by atoms with Crippen LogP contribution < -0.4 is 5.32 Å². The molecule has 0 aliphatic rings. The van der Waals surface area contributed by atoms with Crippen molar-refractivity contribution in [1.82, 2.24) is 9.78 Å². The van der Waals surface area contributed by atoms with Crippen LogP contribution in [-0.4, -0.2) is 15.7 Å². The first-order chi connectivity index (χ1) is 9.04. The summed E-state index contributed by atoms with van der Waals surface area (Å²) in [5, 5.41) is 7.77. The topological polar surface area (TPSA) is 46.9 Å². The van der Waals surface area contributed by atoms with Crippen molar-refractivity contribution in [3.8, 4) is 0 Å². The Balaban J connectivity index is 2.05. The summed E-state index contributed by atoms with van der Waals surface area (Å²) in [5.74, 6) is 0.212. The third kappa shape index (κ3) is 3.84. The van der Waals surface area contributed by atoms with Crippen LogP contribution in [0.25, 0.3) is 6.08 Å². The molecule has 0 spiro atoms. The molecule has 0 aliphatic heterocycles. The van der Waals surface area contributed by atoms with Crippen molar-refractivity contribution in [1.29, 1.82) is 0 Å². The molecule has 1 aromatic heterocycles.